The number of aromatic amines is 1. The van der Waals surface area contributed by atoms with E-state index in [0.717, 1.165) is 0 Å². The van der Waals surface area contributed by atoms with E-state index in [1.165, 1.54) is 34.8 Å². The summed E-state index contributed by atoms with van der Waals surface area (Å²) >= 11 is 0. The number of aromatic nitrogens is 3. The van der Waals surface area contributed by atoms with Gasteiger partial charge in [0.1, 0.15) is 0 Å². The van der Waals surface area contributed by atoms with Crippen LogP contribution in [0.2, 0.25) is 0 Å². The molecule has 4 heterocycles. The fraction of sp³-hybridized carbons (Fsp3) is 0.471. The lowest BCUT2D eigenvalue weighted by molar-refractivity contribution is -0.387. The van der Waals surface area contributed by atoms with Crippen molar-refractivity contribution in [2.75, 3.05) is 13.1 Å². The van der Waals surface area contributed by atoms with Crippen molar-refractivity contribution in [3.8, 4) is 0 Å². The number of carbonyl (C=O) groups excluding carboxylic acids is 1. The first-order valence-corrected chi connectivity index (χ1v) is 10.8. The Balaban J connectivity index is 1.44. The number of likely N-dealkylation sites (tertiary alicyclic amines) is 1. The van der Waals surface area contributed by atoms with Crippen molar-refractivity contribution in [1.29, 1.82) is 0 Å². The quantitative estimate of drug-likeness (QED) is 0.567. The van der Waals surface area contributed by atoms with Crippen molar-refractivity contribution in [2.24, 2.45) is 11.8 Å². The maximum Gasteiger partial charge on any atom is 0.289 e. The van der Waals surface area contributed by atoms with E-state index >= 15 is 0 Å². The standard InChI is InChI=1S/C17H18N6O5S/c24-17(12-7-18-20-19-12)21-8-10-11(9-21)14-6-5-13(10)22(14)29(27,28)16-4-2-1-3-15(16)23(25)26/h1-4,7,10-11,13-14H,5-6,8-9H2,(H,18,19,20)/t10-,11+,13+,14-. The maximum atomic E-state index is 13.4. The number of carbonyl (C=O) groups is 1. The molecule has 0 radical (unpaired) electrons. The Morgan fingerprint density at radius 1 is 1.17 bits per heavy atom. The van der Waals surface area contributed by atoms with E-state index in [1.807, 2.05) is 0 Å². The number of hydrogen-bond donors (Lipinski definition) is 1. The SMILES string of the molecule is O=C(c1cn[nH]n1)N1C[C@@H]2[C@H](C1)[C@H]1CC[C@@H]2N1S(=O)(=O)c1ccccc1[N+](=O)[O-]. The number of amides is 1. The Morgan fingerprint density at radius 3 is 2.41 bits per heavy atom. The molecule has 12 heteroatoms. The molecule has 152 valence electrons. The van der Waals surface area contributed by atoms with E-state index in [-0.39, 0.29) is 40.4 Å². The van der Waals surface area contributed by atoms with Gasteiger partial charge in [-0.25, -0.2) is 8.42 Å². The molecule has 1 aromatic carbocycles. The van der Waals surface area contributed by atoms with Crippen LogP contribution in [-0.4, -0.2) is 69.0 Å². The molecular weight excluding hydrogens is 400 g/mol. The highest BCUT2D eigenvalue weighted by Crippen LogP contribution is 2.52. The average Bonchev–Trinajstić information content (AvgIpc) is 3.48. The summed E-state index contributed by atoms with van der Waals surface area (Å²) in [5.41, 5.74) is -0.173. The van der Waals surface area contributed by atoms with Crippen LogP contribution in [-0.2, 0) is 10.0 Å². The summed E-state index contributed by atoms with van der Waals surface area (Å²) in [7, 11) is -4.01. The van der Waals surface area contributed by atoms with Crippen LogP contribution in [0, 0.1) is 22.0 Å². The predicted molar refractivity (Wildman–Crippen MR) is 98.2 cm³/mol. The topological polar surface area (TPSA) is 142 Å². The van der Waals surface area contributed by atoms with E-state index in [0.29, 0.717) is 25.9 Å². The second-order valence-electron chi connectivity index (χ2n) is 7.66. The third-order valence-corrected chi connectivity index (χ3v) is 8.35. The van der Waals surface area contributed by atoms with Gasteiger partial charge in [0, 0.05) is 31.2 Å². The number of fused-ring (bicyclic) bond motifs is 5. The minimum atomic E-state index is -4.01. The molecule has 0 saturated carbocycles. The fourth-order valence-electron chi connectivity index (χ4n) is 5.24. The number of rotatable bonds is 4. The molecule has 1 N–H and O–H groups in total. The van der Waals surface area contributed by atoms with Gasteiger partial charge in [-0.1, -0.05) is 12.1 Å². The molecule has 1 amide bonds. The van der Waals surface area contributed by atoms with Crippen molar-refractivity contribution in [1.82, 2.24) is 24.6 Å². The lowest BCUT2D eigenvalue weighted by atomic mass is 9.82. The second kappa shape index (κ2) is 6.32. The highest BCUT2D eigenvalue weighted by molar-refractivity contribution is 7.89. The van der Waals surface area contributed by atoms with Gasteiger partial charge in [0.15, 0.2) is 10.6 Å². The Labute approximate surface area is 165 Å². The van der Waals surface area contributed by atoms with Gasteiger partial charge in [0.05, 0.1) is 11.1 Å². The Bertz CT molecular complexity index is 1070. The average molecular weight is 418 g/mol. The van der Waals surface area contributed by atoms with Crippen LogP contribution in [0.3, 0.4) is 0 Å². The third kappa shape index (κ3) is 2.59. The molecule has 11 nitrogen and oxygen atoms in total. The molecule has 1 aromatic heterocycles. The number of H-pyrrole nitrogens is 1. The van der Waals surface area contributed by atoms with Crippen molar-refractivity contribution in [3.05, 3.63) is 46.3 Å². The molecule has 4 atom stereocenters. The third-order valence-electron chi connectivity index (χ3n) is 6.35. The minimum Gasteiger partial charge on any atom is -0.336 e. The summed E-state index contributed by atoms with van der Waals surface area (Å²) in [6, 6.07) is 4.94. The number of benzene rings is 1. The summed E-state index contributed by atoms with van der Waals surface area (Å²) in [4.78, 5) is 24.7. The van der Waals surface area contributed by atoms with Gasteiger partial charge in [-0.05, 0) is 30.7 Å². The summed E-state index contributed by atoms with van der Waals surface area (Å²) < 4.78 is 28.2. The van der Waals surface area contributed by atoms with Crippen LogP contribution in [0.5, 0.6) is 0 Å². The summed E-state index contributed by atoms with van der Waals surface area (Å²) in [5.74, 6) is -0.190. The second-order valence-corrected chi connectivity index (χ2v) is 9.48. The van der Waals surface area contributed by atoms with Crippen LogP contribution in [0.4, 0.5) is 5.69 Å². The van der Waals surface area contributed by atoms with Crippen molar-refractivity contribution >= 4 is 21.6 Å². The molecule has 3 aliphatic heterocycles. The molecule has 0 unspecified atom stereocenters. The highest BCUT2D eigenvalue weighted by atomic mass is 32.2. The van der Waals surface area contributed by atoms with Crippen molar-refractivity contribution in [3.63, 3.8) is 0 Å². The first-order chi connectivity index (χ1) is 13.9. The molecule has 5 rings (SSSR count). The maximum absolute atomic E-state index is 13.4. The number of para-hydroxylation sites is 1. The normalized spacial score (nSPS) is 28.6. The van der Waals surface area contributed by atoms with E-state index < -0.39 is 20.6 Å². The number of nitrogens with one attached hydrogen (secondary N) is 1. The molecule has 2 aromatic rings. The smallest absolute Gasteiger partial charge is 0.289 e. The van der Waals surface area contributed by atoms with Crippen LogP contribution in [0.15, 0.2) is 35.4 Å². The summed E-state index contributed by atoms with van der Waals surface area (Å²) in [6.07, 6.45) is 2.76. The van der Waals surface area contributed by atoms with E-state index in [4.69, 9.17) is 0 Å². The number of nitrogens with zero attached hydrogens (tertiary/aromatic N) is 5. The van der Waals surface area contributed by atoms with Crippen LogP contribution >= 0.6 is 0 Å². The highest BCUT2D eigenvalue weighted by Gasteiger charge is 2.61. The lowest BCUT2D eigenvalue weighted by Crippen LogP contribution is -2.41. The van der Waals surface area contributed by atoms with Gasteiger partial charge < -0.3 is 4.90 Å². The molecule has 3 saturated heterocycles. The van der Waals surface area contributed by atoms with E-state index in [2.05, 4.69) is 15.4 Å². The van der Waals surface area contributed by atoms with Gasteiger partial charge in [0.25, 0.3) is 11.6 Å². The minimum absolute atomic E-state index is 0.0159. The molecule has 0 aliphatic carbocycles. The Morgan fingerprint density at radius 2 is 1.83 bits per heavy atom. The largest absolute Gasteiger partial charge is 0.336 e. The van der Waals surface area contributed by atoms with Gasteiger partial charge in [-0.2, -0.15) is 19.7 Å². The molecule has 2 bridgehead atoms. The van der Waals surface area contributed by atoms with E-state index in [9.17, 15) is 23.3 Å². The molecular formula is C17H18N6O5S. The van der Waals surface area contributed by atoms with Gasteiger partial charge >= 0.3 is 0 Å². The van der Waals surface area contributed by atoms with Gasteiger partial charge in [-0.3, -0.25) is 14.9 Å². The molecule has 0 spiro atoms. The predicted octanol–water partition coefficient (Wildman–Crippen LogP) is 0.637. The van der Waals surface area contributed by atoms with Crippen molar-refractivity contribution < 1.29 is 18.1 Å². The number of sulfonamides is 1. The number of hydrogen-bond acceptors (Lipinski definition) is 7. The van der Waals surface area contributed by atoms with Crippen molar-refractivity contribution in [2.45, 2.75) is 29.8 Å². The number of nitro groups is 1. The molecule has 3 fully saturated rings. The van der Waals surface area contributed by atoms with Crippen LogP contribution in [0.25, 0.3) is 0 Å². The zero-order chi connectivity index (χ0) is 20.3. The van der Waals surface area contributed by atoms with Crippen LogP contribution < -0.4 is 0 Å². The van der Waals surface area contributed by atoms with E-state index in [1.54, 1.807) is 4.90 Å². The first-order valence-electron chi connectivity index (χ1n) is 9.31. The Hall–Kier alpha value is -2.86. The fourth-order valence-corrected chi connectivity index (χ4v) is 7.37. The van der Waals surface area contributed by atoms with Gasteiger partial charge in [-0.15, -0.1) is 0 Å². The zero-order valence-corrected chi connectivity index (χ0v) is 16.0. The zero-order valence-electron chi connectivity index (χ0n) is 15.2. The number of nitro benzene ring substituents is 1. The summed E-state index contributed by atoms with van der Waals surface area (Å²) in [6.45, 7) is 0.890. The monoisotopic (exact) mass is 418 g/mol. The molecule has 29 heavy (non-hydrogen) atoms. The first kappa shape index (κ1) is 18.2. The molecule has 3 aliphatic rings. The lowest BCUT2D eigenvalue weighted by Gasteiger charge is -2.26. The summed E-state index contributed by atoms with van der Waals surface area (Å²) in [5, 5.41) is 21.3. The van der Waals surface area contributed by atoms with Crippen LogP contribution in [0.1, 0.15) is 23.3 Å². The Kier molecular flexibility index (Phi) is 3.96. The van der Waals surface area contributed by atoms with Gasteiger partial charge in [0.2, 0.25) is 10.0 Å².